The molecule has 45 heavy (non-hydrogen) atoms. The first kappa shape index (κ1) is 31.6. The van der Waals surface area contributed by atoms with E-state index in [0.717, 1.165) is 26.5 Å². The maximum absolute atomic E-state index is 14.3. The summed E-state index contributed by atoms with van der Waals surface area (Å²) in [4.78, 5) is 67.3. The fourth-order valence-corrected chi connectivity index (χ4v) is 5.94. The minimum absolute atomic E-state index is 0.0277. The van der Waals surface area contributed by atoms with Crippen molar-refractivity contribution in [2.45, 2.75) is 38.4 Å². The maximum atomic E-state index is 14.3. The molecule has 0 bridgehead atoms. The number of amides is 4. The van der Waals surface area contributed by atoms with E-state index in [2.05, 4.69) is 10.6 Å². The van der Waals surface area contributed by atoms with E-state index in [4.69, 9.17) is 21.4 Å². The number of benzene rings is 2. The van der Waals surface area contributed by atoms with Crippen LogP contribution >= 0.6 is 11.6 Å². The maximum Gasteiger partial charge on any atom is 0.404 e. The number of anilines is 1. The molecule has 0 atom stereocenters. The van der Waals surface area contributed by atoms with E-state index in [1.807, 2.05) is 12.1 Å². The zero-order valence-electron chi connectivity index (χ0n) is 24.4. The topological polar surface area (TPSA) is 155 Å². The molecule has 13 nitrogen and oxygen atoms in total. The third kappa shape index (κ3) is 6.80. The minimum atomic E-state index is -1.34. The van der Waals surface area contributed by atoms with Crippen molar-refractivity contribution in [3.63, 3.8) is 0 Å². The van der Waals surface area contributed by atoms with Crippen LogP contribution in [0, 0.1) is 5.82 Å². The van der Waals surface area contributed by atoms with Crippen LogP contribution in [0.3, 0.4) is 0 Å². The predicted molar refractivity (Wildman–Crippen MR) is 163 cm³/mol. The lowest BCUT2D eigenvalue weighted by molar-refractivity contribution is -0.133. The quantitative estimate of drug-likeness (QED) is 0.341. The SMILES string of the molecule is COc1ccc2c(c1)CCN(C1CCN(C(=O)Cn3cc(-c4cccc(F)c4Cl)c(=O)n(CCNC(=O)O)c3=O)CC1)C(=O)N2. The van der Waals surface area contributed by atoms with Gasteiger partial charge in [0.2, 0.25) is 5.91 Å². The molecule has 238 valence electrons. The van der Waals surface area contributed by atoms with Crippen LogP contribution in [-0.4, -0.2) is 81.4 Å². The number of piperidine rings is 1. The fourth-order valence-electron chi connectivity index (χ4n) is 5.71. The number of methoxy groups -OCH3 is 1. The van der Waals surface area contributed by atoms with E-state index in [9.17, 15) is 28.4 Å². The number of urea groups is 1. The van der Waals surface area contributed by atoms with Gasteiger partial charge in [0.25, 0.3) is 5.56 Å². The molecule has 15 heteroatoms. The van der Waals surface area contributed by atoms with E-state index in [-0.39, 0.29) is 47.2 Å². The number of carbonyl (C=O) groups is 3. The zero-order valence-corrected chi connectivity index (χ0v) is 25.2. The number of ether oxygens (including phenoxy) is 1. The minimum Gasteiger partial charge on any atom is -0.497 e. The predicted octanol–water partition coefficient (Wildman–Crippen LogP) is 2.83. The Morgan fingerprint density at radius 3 is 2.58 bits per heavy atom. The highest BCUT2D eigenvalue weighted by Gasteiger charge is 2.32. The van der Waals surface area contributed by atoms with Gasteiger partial charge in [-0.25, -0.2) is 18.8 Å². The lowest BCUT2D eigenvalue weighted by atomic mass is 10.0. The number of nitrogens with zero attached hydrogens (tertiary/aromatic N) is 4. The Balaban J connectivity index is 1.31. The zero-order chi connectivity index (χ0) is 32.2. The van der Waals surface area contributed by atoms with E-state index < -0.39 is 29.7 Å². The number of fused-ring (bicyclic) bond motifs is 1. The second kappa shape index (κ2) is 13.4. The molecule has 0 saturated carbocycles. The molecule has 5 rings (SSSR count). The van der Waals surface area contributed by atoms with Gasteiger partial charge in [0, 0.05) is 56.2 Å². The summed E-state index contributed by atoms with van der Waals surface area (Å²) in [7, 11) is 1.59. The van der Waals surface area contributed by atoms with Gasteiger partial charge in [0.1, 0.15) is 18.1 Å². The van der Waals surface area contributed by atoms with Crippen molar-refractivity contribution >= 4 is 35.3 Å². The van der Waals surface area contributed by atoms with Crippen molar-refractivity contribution < 1.29 is 28.6 Å². The van der Waals surface area contributed by atoms with E-state index in [1.54, 1.807) is 23.0 Å². The van der Waals surface area contributed by atoms with Crippen LogP contribution in [0.25, 0.3) is 11.1 Å². The first-order valence-corrected chi connectivity index (χ1v) is 14.7. The number of likely N-dealkylation sites (tertiary alicyclic amines) is 1. The van der Waals surface area contributed by atoms with Crippen molar-refractivity contribution in [1.82, 2.24) is 24.3 Å². The number of hydrogen-bond acceptors (Lipinski definition) is 6. The van der Waals surface area contributed by atoms with Crippen LogP contribution in [0.1, 0.15) is 18.4 Å². The molecule has 4 amide bonds. The van der Waals surface area contributed by atoms with Crippen LogP contribution in [0.15, 0.2) is 52.2 Å². The molecule has 2 aliphatic rings. The number of halogens is 2. The Labute approximate surface area is 261 Å². The largest absolute Gasteiger partial charge is 0.497 e. The van der Waals surface area contributed by atoms with E-state index in [0.29, 0.717) is 44.6 Å². The van der Waals surface area contributed by atoms with Crippen molar-refractivity contribution in [2.24, 2.45) is 0 Å². The van der Waals surface area contributed by atoms with Crippen LogP contribution in [0.2, 0.25) is 5.02 Å². The Morgan fingerprint density at radius 1 is 1.11 bits per heavy atom. The molecule has 3 heterocycles. The lowest BCUT2D eigenvalue weighted by Gasteiger charge is -2.38. The summed E-state index contributed by atoms with van der Waals surface area (Å²) >= 11 is 6.14. The second-order valence-corrected chi connectivity index (χ2v) is 11.1. The summed E-state index contributed by atoms with van der Waals surface area (Å²) in [6, 6.07) is 9.10. The lowest BCUT2D eigenvalue weighted by Crippen LogP contribution is -2.51. The van der Waals surface area contributed by atoms with Crippen molar-refractivity contribution in [2.75, 3.05) is 38.6 Å². The highest BCUT2D eigenvalue weighted by atomic mass is 35.5. The molecule has 0 radical (unpaired) electrons. The Morgan fingerprint density at radius 2 is 1.87 bits per heavy atom. The molecule has 3 N–H and O–H groups in total. The molecule has 1 saturated heterocycles. The second-order valence-electron chi connectivity index (χ2n) is 10.8. The molecule has 0 aliphatic carbocycles. The van der Waals surface area contributed by atoms with Gasteiger partial charge < -0.3 is 30.3 Å². The van der Waals surface area contributed by atoms with Crippen molar-refractivity contribution in [3.8, 4) is 16.9 Å². The van der Waals surface area contributed by atoms with Gasteiger partial charge >= 0.3 is 17.8 Å². The van der Waals surface area contributed by atoms with Crippen molar-refractivity contribution in [1.29, 1.82) is 0 Å². The first-order valence-electron chi connectivity index (χ1n) is 14.3. The van der Waals surface area contributed by atoms with Gasteiger partial charge in [-0.3, -0.25) is 18.7 Å². The van der Waals surface area contributed by atoms with E-state index in [1.165, 1.54) is 18.3 Å². The Bertz CT molecular complexity index is 1750. The molecule has 0 unspecified atom stereocenters. The van der Waals surface area contributed by atoms with Gasteiger partial charge in [0.05, 0.1) is 17.7 Å². The van der Waals surface area contributed by atoms with Crippen LogP contribution in [0.5, 0.6) is 5.75 Å². The smallest absolute Gasteiger partial charge is 0.404 e. The monoisotopic (exact) mass is 642 g/mol. The molecule has 1 fully saturated rings. The highest BCUT2D eigenvalue weighted by Crippen LogP contribution is 2.29. The first-order chi connectivity index (χ1) is 21.6. The van der Waals surface area contributed by atoms with E-state index >= 15 is 0 Å². The Hall–Kier alpha value is -4.85. The molecule has 0 spiro atoms. The summed E-state index contributed by atoms with van der Waals surface area (Å²) < 4.78 is 21.4. The normalized spacial score (nSPS) is 15.2. The van der Waals surface area contributed by atoms with Crippen LogP contribution in [0.4, 0.5) is 19.7 Å². The van der Waals surface area contributed by atoms with Gasteiger partial charge in [-0.1, -0.05) is 23.7 Å². The molecule has 2 aromatic carbocycles. The van der Waals surface area contributed by atoms with Gasteiger partial charge in [0.15, 0.2) is 0 Å². The van der Waals surface area contributed by atoms with Gasteiger partial charge in [-0.05, 0) is 49.1 Å². The van der Waals surface area contributed by atoms with Crippen molar-refractivity contribution in [3.05, 3.63) is 79.8 Å². The molecular formula is C30H32ClFN6O7. The molecule has 2 aliphatic heterocycles. The van der Waals surface area contributed by atoms with Gasteiger partial charge in [-0.15, -0.1) is 0 Å². The number of rotatable bonds is 8. The number of carboxylic acid groups (broad SMARTS) is 1. The standard InChI is InChI=1S/C30H32ClFN6O7/c1-45-20-5-6-24-18(15-20)7-13-37(28(41)34-24)19-8-11-35(12-9-19)25(39)17-36-16-22(21-3-2-4-23(32)26(21)31)27(40)38(30(36)44)14-10-33-29(42)43/h2-6,15-16,19,33H,7-14,17H2,1H3,(H,34,41)(H,42,43). The third-order valence-corrected chi connectivity index (χ3v) is 8.48. The fraction of sp³-hybridized carbons (Fsp3) is 0.367. The average molecular weight is 643 g/mol. The molecule has 3 aromatic rings. The number of aromatic nitrogens is 2. The molecule has 1 aromatic heterocycles. The van der Waals surface area contributed by atoms with Gasteiger partial charge in [-0.2, -0.15) is 0 Å². The molecular weight excluding hydrogens is 611 g/mol. The number of hydrogen-bond donors (Lipinski definition) is 3. The summed E-state index contributed by atoms with van der Waals surface area (Å²) in [5.41, 5.74) is -0.0149. The number of nitrogens with one attached hydrogen (secondary N) is 2. The summed E-state index contributed by atoms with van der Waals surface area (Å²) in [5.74, 6) is -0.451. The van der Waals surface area contributed by atoms with Crippen LogP contribution < -0.4 is 26.6 Å². The highest BCUT2D eigenvalue weighted by molar-refractivity contribution is 6.33. The van der Waals surface area contributed by atoms with Crippen LogP contribution in [-0.2, 0) is 24.3 Å². The summed E-state index contributed by atoms with van der Waals surface area (Å²) in [5, 5.41) is 13.7. The summed E-state index contributed by atoms with van der Waals surface area (Å²) in [6.45, 7) is 0.191. The third-order valence-electron chi connectivity index (χ3n) is 8.09. The number of carbonyl (C=O) groups excluding carboxylic acids is 2. The average Bonchev–Trinajstić information content (AvgIpc) is 3.19. The Kier molecular flexibility index (Phi) is 9.42. The summed E-state index contributed by atoms with van der Waals surface area (Å²) in [6.07, 6.45) is 1.53.